The van der Waals surface area contributed by atoms with Gasteiger partial charge in [0.05, 0.1) is 51.5 Å². The van der Waals surface area contributed by atoms with Gasteiger partial charge in [-0.2, -0.15) is 0 Å². The van der Waals surface area contributed by atoms with E-state index in [1.54, 1.807) is 12.5 Å². The molecule has 0 radical (unpaired) electrons. The number of ether oxygens (including phenoxy) is 4. The van der Waals surface area contributed by atoms with E-state index in [2.05, 4.69) is 41.4 Å². The quantitative estimate of drug-likeness (QED) is 0.141. The van der Waals surface area contributed by atoms with Crippen molar-refractivity contribution in [1.29, 1.82) is 0 Å². The van der Waals surface area contributed by atoms with Gasteiger partial charge >= 0.3 is 5.97 Å². The maximum Gasteiger partial charge on any atom is 0.338 e. The van der Waals surface area contributed by atoms with Crippen molar-refractivity contribution < 1.29 is 23.7 Å². The lowest BCUT2D eigenvalue weighted by molar-refractivity contribution is -0.000146. The molecule has 0 saturated carbocycles. The van der Waals surface area contributed by atoms with Gasteiger partial charge in [0.25, 0.3) is 0 Å². The summed E-state index contributed by atoms with van der Waals surface area (Å²) < 4.78 is 24.0. The number of imidazole rings is 1. The second kappa shape index (κ2) is 11.3. The highest BCUT2D eigenvalue weighted by Crippen LogP contribution is 2.36. The highest BCUT2D eigenvalue weighted by atomic mass is 16.6. The summed E-state index contributed by atoms with van der Waals surface area (Å²) in [5, 5.41) is 6.66. The third-order valence-electron chi connectivity index (χ3n) is 6.01. The first-order valence-electron chi connectivity index (χ1n) is 11.8. The van der Waals surface area contributed by atoms with Crippen LogP contribution in [0.2, 0.25) is 0 Å². The monoisotopic (exact) mass is 472 g/mol. The van der Waals surface area contributed by atoms with Gasteiger partial charge in [-0.15, -0.1) is 0 Å². The van der Waals surface area contributed by atoms with E-state index in [1.165, 1.54) is 16.2 Å². The van der Waals surface area contributed by atoms with Crippen molar-refractivity contribution in [3.05, 3.63) is 78.9 Å². The molecule has 0 unspecified atom stereocenters. The Hall–Kier alpha value is -3.52. The predicted octanol–water partition coefficient (Wildman–Crippen LogP) is 4.69. The minimum absolute atomic E-state index is 0.193. The van der Waals surface area contributed by atoms with E-state index >= 15 is 0 Å². The van der Waals surface area contributed by atoms with Gasteiger partial charge in [-0.25, -0.2) is 9.78 Å². The second-order valence-electron chi connectivity index (χ2n) is 8.24. The Morgan fingerprint density at radius 3 is 2.06 bits per heavy atom. The van der Waals surface area contributed by atoms with Crippen molar-refractivity contribution in [2.75, 3.05) is 46.2 Å². The average Bonchev–Trinajstić information content (AvgIpc) is 3.41. The van der Waals surface area contributed by atoms with Crippen LogP contribution in [0.5, 0.6) is 0 Å². The van der Waals surface area contributed by atoms with Crippen molar-refractivity contribution in [2.45, 2.75) is 6.54 Å². The lowest BCUT2D eigenvalue weighted by atomic mass is 9.92. The van der Waals surface area contributed by atoms with Crippen LogP contribution in [0.3, 0.4) is 0 Å². The molecule has 0 amide bonds. The first-order chi connectivity index (χ1) is 17.3. The van der Waals surface area contributed by atoms with Gasteiger partial charge in [0.2, 0.25) is 0 Å². The Kier molecular flexibility index (Phi) is 7.48. The van der Waals surface area contributed by atoms with Gasteiger partial charge in [-0.1, -0.05) is 48.5 Å². The van der Waals surface area contributed by atoms with Crippen LogP contribution >= 0.6 is 0 Å². The summed E-state index contributed by atoms with van der Waals surface area (Å²) in [5.74, 6) is -0.337. The molecular weight excluding hydrogens is 444 g/mol. The molecule has 0 saturated heterocycles. The molecule has 7 nitrogen and oxygen atoms in total. The maximum atomic E-state index is 12.8. The smallest absolute Gasteiger partial charge is 0.338 e. The summed E-state index contributed by atoms with van der Waals surface area (Å²) in [6, 6.07) is 18.4. The fraction of sp³-hybridized carbons (Fsp3) is 0.286. The van der Waals surface area contributed by atoms with E-state index in [0.717, 1.165) is 22.7 Å². The first-order valence-corrected chi connectivity index (χ1v) is 11.8. The molecule has 0 spiro atoms. The summed E-state index contributed by atoms with van der Waals surface area (Å²) in [4.78, 5) is 16.8. The van der Waals surface area contributed by atoms with Crippen LogP contribution in [0.15, 0.2) is 73.3 Å². The Balaban J connectivity index is 1.02. The second-order valence-corrected chi connectivity index (χ2v) is 8.24. The predicted molar refractivity (Wildman–Crippen MR) is 135 cm³/mol. The van der Waals surface area contributed by atoms with Crippen LogP contribution in [0, 0.1) is 0 Å². The number of rotatable bonds is 13. The van der Waals surface area contributed by atoms with Crippen molar-refractivity contribution in [3.8, 4) is 0 Å². The topological polar surface area (TPSA) is 71.8 Å². The molecule has 7 heteroatoms. The Labute approximate surface area is 203 Å². The van der Waals surface area contributed by atoms with Gasteiger partial charge in [0, 0.05) is 18.9 Å². The van der Waals surface area contributed by atoms with Crippen LogP contribution in [0.25, 0.3) is 32.3 Å². The highest BCUT2D eigenvalue weighted by Gasteiger charge is 2.15. The van der Waals surface area contributed by atoms with E-state index in [1.807, 2.05) is 29.0 Å². The van der Waals surface area contributed by atoms with Crippen LogP contribution in [-0.2, 0) is 25.5 Å². The number of benzene rings is 4. The van der Waals surface area contributed by atoms with E-state index in [4.69, 9.17) is 18.9 Å². The Morgan fingerprint density at radius 1 is 0.714 bits per heavy atom. The zero-order chi connectivity index (χ0) is 23.9. The highest BCUT2D eigenvalue weighted by molar-refractivity contribution is 6.25. The Morgan fingerprint density at radius 2 is 1.34 bits per heavy atom. The van der Waals surface area contributed by atoms with E-state index < -0.39 is 0 Å². The van der Waals surface area contributed by atoms with Crippen LogP contribution in [0.1, 0.15) is 10.4 Å². The normalized spacial score (nSPS) is 11.7. The van der Waals surface area contributed by atoms with Crippen molar-refractivity contribution >= 4 is 38.3 Å². The first kappa shape index (κ1) is 23.2. The van der Waals surface area contributed by atoms with Crippen LogP contribution in [-0.4, -0.2) is 61.8 Å². The van der Waals surface area contributed by atoms with Gasteiger partial charge in [-0.05, 0) is 38.4 Å². The molecule has 5 aromatic rings. The number of hydrogen-bond acceptors (Lipinski definition) is 6. The minimum Gasteiger partial charge on any atom is -0.460 e. The van der Waals surface area contributed by atoms with Crippen LogP contribution in [0.4, 0.5) is 0 Å². The number of carbonyl (C=O) groups excluding carboxylic acids is 1. The molecule has 0 aliphatic rings. The SMILES string of the molecule is O=C(OCCOCCOCCOCCn1ccnc1)c1ccc2ccc3cccc4ccc1c2c34. The van der Waals surface area contributed by atoms with E-state index in [-0.39, 0.29) is 12.6 Å². The van der Waals surface area contributed by atoms with E-state index in [0.29, 0.717) is 45.2 Å². The molecular formula is C28H28N2O5. The molecule has 35 heavy (non-hydrogen) atoms. The van der Waals surface area contributed by atoms with Gasteiger partial charge in [-0.3, -0.25) is 0 Å². The lowest BCUT2D eigenvalue weighted by Crippen LogP contribution is -2.14. The minimum atomic E-state index is -0.337. The van der Waals surface area contributed by atoms with Gasteiger partial charge in [0.1, 0.15) is 6.61 Å². The van der Waals surface area contributed by atoms with E-state index in [9.17, 15) is 4.79 Å². The zero-order valence-corrected chi connectivity index (χ0v) is 19.5. The molecule has 0 bridgehead atoms. The fourth-order valence-electron chi connectivity index (χ4n) is 4.32. The molecule has 5 rings (SSSR count). The Bertz CT molecular complexity index is 1370. The third-order valence-corrected chi connectivity index (χ3v) is 6.01. The molecule has 0 aliphatic heterocycles. The number of hydrogen-bond donors (Lipinski definition) is 0. The standard InChI is InChI=1S/C28H28N2O5/c31-28(35-19-18-34-17-16-33-15-14-32-13-12-30-11-10-29-20-30)25-9-7-23-5-4-21-2-1-3-22-6-8-24(25)27(23)26(21)22/h1-11,20H,12-19H2. The van der Waals surface area contributed by atoms with Crippen molar-refractivity contribution in [2.24, 2.45) is 0 Å². The van der Waals surface area contributed by atoms with Crippen molar-refractivity contribution in [3.63, 3.8) is 0 Å². The molecule has 0 fully saturated rings. The van der Waals surface area contributed by atoms with Gasteiger partial charge in [0.15, 0.2) is 0 Å². The summed E-state index contributed by atoms with van der Waals surface area (Å²) in [5.41, 5.74) is 0.576. The number of aromatic nitrogens is 2. The third kappa shape index (κ3) is 5.43. The summed E-state index contributed by atoms with van der Waals surface area (Å²) in [6.45, 7) is 3.85. The molecule has 0 aliphatic carbocycles. The zero-order valence-electron chi connectivity index (χ0n) is 19.5. The number of nitrogens with zero attached hydrogens (tertiary/aromatic N) is 2. The molecule has 0 atom stereocenters. The largest absolute Gasteiger partial charge is 0.460 e. The molecule has 1 aromatic heterocycles. The fourth-order valence-corrected chi connectivity index (χ4v) is 4.32. The van der Waals surface area contributed by atoms with Crippen LogP contribution < -0.4 is 0 Å². The molecule has 4 aromatic carbocycles. The summed E-state index contributed by atoms with van der Waals surface area (Å²) >= 11 is 0. The molecule has 180 valence electrons. The number of esters is 1. The van der Waals surface area contributed by atoms with Gasteiger partial charge < -0.3 is 23.5 Å². The molecule has 1 heterocycles. The summed E-state index contributed by atoms with van der Waals surface area (Å²) in [7, 11) is 0. The van der Waals surface area contributed by atoms with Crippen molar-refractivity contribution in [1.82, 2.24) is 9.55 Å². The maximum absolute atomic E-state index is 12.8. The summed E-state index contributed by atoms with van der Waals surface area (Å²) in [6.07, 6.45) is 5.41. The molecule has 0 N–H and O–H groups in total. The average molecular weight is 473 g/mol. The number of carbonyl (C=O) groups is 1. The lowest BCUT2D eigenvalue weighted by Gasteiger charge is -2.13.